The summed E-state index contributed by atoms with van der Waals surface area (Å²) in [5, 5.41) is 2.96. The number of hydrogen-bond donors (Lipinski definition) is 2. The van der Waals surface area contributed by atoms with Crippen molar-refractivity contribution in [3.8, 4) is 0 Å². The van der Waals surface area contributed by atoms with Crippen LogP contribution in [0.4, 0.5) is 5.82 Å². The van der Waals surface area contributed by atoms with Crippen molar-refractivity contribution in [1.82, 2.24) is 4.98 Å². The third kappa shape index (κ3) is 4.57. The van der Waals surface area contributed by atoms with Crippen molar-refractivity contribution in [1.29, 1.82) is 0 Å². The zero-order valence-electron chi connectivity index (χ0n) is 11.3. The van der Waals surface area contributed by atoms with Gasteiger partial charge in [-0.15, -0.1) is 0 Å². The molecule has 0 saturated heterocycles. The number of pyridine rings is 1. The topological polar surface area (TPSA) is 94.3 Å². The van der Waals surface area contributed by atoms with Crippen LogP contribution < -0.4 is 11.1 Å². The van der Waals surface area contributed by atoms with Crippen LogP contribution in [0, 0.1) is 5.92 Å². The molecule has 1 heterocycles. The molecule has 0 spiro atoms. The number of anilines is 1. The lowest BCUT2D eigenvalue weighted by Crippen LogP contribution is -2.32. The summed E-state index contributed by atoms with van der Waals surface area (Å²) in [5.74, 6) is -0.160. The highest BCUT2D eigenvalue weighted by Crippen LogP contribution is 2.13. The largest absolute Gasteiger partial charge is 0.467 e. The highest BCUT2D eigenvalue weighted by Gasteiger charge is 2.20. The fourth-order valence-electron chi connectivity index (χ4n) is 1.67. The summed E-state index contributed by atoms with van der Waals surface area (Å²) < 4.78 is 4.74. The number of amides is 1. The standard InChI is InChI=1S/C13H19N3O3/c1-8(2)6-10(13(18)19-3)16-11-7-9(12(14)17)4-5-15-11/h4-5,7-8,10H,6H2,1-3H3,(H2,14,17)(H,15,16). The average Bonchev–Trinajstić information content (AvgIpc) is 2.36. The van der Waals surface area contributed by atoms with Crippen molar-refractivity contribution in [3.05, 3.63) is 23.9 Å². The summed E-state index contributed by atoms with van der Waals surface area (Å²) in [6, 6.07) is 2.53. The Morgan fingerprint density at radius 3 is 2.68 bits per heavy atom. The zero-order valence-corrected chi connectivity index (χ0v) is 11.3. The summed E-state index contributed by atoms with van der Waals surface area (Å²) in [6.07, 6.45) is 2.07. The Morgan fingerprint density at radius 1 is 1.47 bits per heavy atom. The summed E-state index contributed by atoms with van der Waals surface area (Å²) in [5.41, 5.74) is 5.53. The van der Waals surface area contributed by atoms with Crippen LogP contribution in [0.3, 0.4) is 0 Å². The minimum absolute atomic E-state index is 0.316. The van der Waals surface area contributed by atoms with Gasteiger partial charge in [-0.3, -0.25) is 4.79 Å². The fraction of sp³-hybridized carbons (Fsp3) is 0.462. The number of nitrogens with two attached hydrogens (primary N) is 1. The zero-order chi connectivity index (χ0) is 14.4. The van der Waals surface area contributed by atoms with Gasteiger partial charge >= 0.3 is 5.97 Å². The van der Waals surface area contributed by atoms with Gasteiger partial charge in [0.15, 0.2) is 0 Å². The van der Waals surface area contributed by atoms with Crippen molar-refractivity contribution in [3.63, 3.8) is 0 Å². The molecule has 0 aliphatic rings. The third-order valence-corrected chi connectivity index (χ3v) is 2.56. The number of methoxy groups -OCH3 is 1. The molecule has 3 N–H and O–H groups in total. The second kappa shape index (κ2) is 6.72. The van der Waals surface area contributed by atoms with E-state index in [1.165, 1.54) is 25.4 Å². The highest BCUT2D eigenvalue weighted by atomic mass is 16.5. The number of aromatic nitrogens is 1. The number of rotatable bonds is 6. The van der Waals surface area contributed by atoms with Crippen molar-refractivity contribution < 1.29 is 14.3 Å². The van der Waals surface area contributed by atoms with E-state index in [1.54, 1.807) is 0 Å². The van der Waals surface area contributed by atoms with E-state index in [0.29, 0.717) is 23.7 Å². The second-order valence-electron chi connectivity index (χ2n) is 4.64. The number of nitrogens with zero attached hydrogens (tertiary/aromatic N) is 1. The van der Waals surface area contributed by atoms with Gasteiger partial charge in [0.05, 0.1) is 7.11 Å². The molecule has 6 heteroatoms. The van der Waals surface area contributed by atoms with Crippen LogP contribution in [0.25, 0.3) is 0 Å². The Balaban J connectivity index is 2.86. The molecule has 1 rings (SSSR count). The van der Waals surface area contributed by atoms with E-state index in [-0.39, 0.29) is 5.97 Å². The number of nitrogens with one attached hydrogen (secondary N) is 1. The maximum Gasteiger partial charge on any atom is 0.328 e. The van der Waals surface area contributed by atoms with Crippen molar-refractivity contribution in [2.75, 3.05) is 12.4 Å². The maximum absolute atomic E-state index is 11.7. The van der Waals surface area contributed by atoms with Gasteiger partial charge in [-0.2, -0.15) is 0 Å². The molecule has 1 amide bonds. The number of ether oxygens (including phenoxy) is 1. The van der Waals surface area contributed by atoms with Crippen LogP contribution in [-0.2, 0) is 9.53 Å². The molecule has 6 nitrogen and oxygen atoms in total. The van der Waals surface area contributed by atoms with E-state index in [0.717, 1.165) is 0 Å². The summed E-state index contributed by atoms with van der Waals surface area (Å²) in [7, 11) is 1.34. The average molecular weight is 265 g/mol. The minimum atomic E-state index is -0.538. The lowest BCUT2D eigenvalue weighted by Gasteiger charge is -2.18. The van der Waals surface area contributed by atoms with Crippen LogP contribution in [0.2, 0.25) is 0 Å². The molecule has 1 aromatic rings. The van der Waals surface area contributed by atoms with Gasteiger partial charge in [0, 0.05) is 11.8 Å². The minimum Gasteiger partial charge on any atom is -0.467 e. The molecule has 19 heavy (non-hydrogen) atoms. The Kier molecular flexibility index (Phi) is 5.29. The molecule has 0 fully saturated rings. The molecule has 1 aromatic heterocycles. The van der Waals surface area contributed by atoms with Gasteiger partial charge < -0.3 is 15.8 Å². The SMILES string of the molecule is COC(=O)C(CC(C)C)Nc1cc(C(N)=O)ccn1. The van der Waals surface area contributed by atoms with Gasteiger partial charge in [-0.05, 0) is 24.5 Å². The quantitative estimate of drug-likeness (QED) is 0.753. The molecule has 0 aliphatic heterocycles. The molecule has 0 aliphatic carbocycles. The van der Waals surface area contributed by atoms with Gasteiger partial charge in [0.25, 0.3) is 0 Å². The normalized spacial score (nSPS) is 12.0. The third-order valence-electron chi connectivity index (χ3n) is 2.56. The predicted molar refractivity (Wildman–Crippen MR) is 71.6 cm³/mol. The maximum atomic E-state index is 11.7. The van der Waals surface area contributed by atoms with Gasteiger partial charge in [-0.25, -0.2) is 9.78 Å². The molecule has 1 atom stereocenters. The van der Waals surface area contributed by atoms with Crippen molar-refractivity contribution >= 4 is 17.7 Å². The summed E-state index contributed by atoms with van der Waals surface area (Å²) in [6.45, 7) is 4.01. The van der Waals surface area contributed by atoms with Crippen LogP contribution >= 0.6 is 0 Å². The number of hydrogen-bond acceptors (Lipinski definition) is 5. The Labute approximate surface area is 112 Å². The lowest BCUT2D eigenvalue weighted by molar-refractivity contribution is -0.141. The van der Waals surface area contributed by atoms with Crippen molar-refractivity contribution in [2.24, 2.45) is 11.7 Å². The van der Waals surface area contributed by atoms with Gasteiger partial charge in [-0.1, -0.05) is 13.8 Å². The molecule has 0 bridgehead atoms. The molecule has 0 radical (unpaired) electrons. The summed E-state index contributed by atoms with van der Waals surface area (Å²) >= 11 is 0. The molecule has 0 saturated carbocycles. The Morgan fingerprint density at radius 2 is 2.16 bits per heavy atom. The number of carbonyl (C=O) groups excluding carboxylic acids is 2. The van der Waals surface area contributed by atoms with E-state index in [4.69, 9.17) is 10.5 Å². The van der Waals surface area contributed by atoms with Crippen LogP contribution in [0.5, 0.6) is 0 Å². The Hall–Kier alpha value is -2.11. The van der Waals surface area contributed by atoms with Gasteiger partial charge in [0.2, 0.25) is 5.91 Å². The fourth-order valence-corrected chi connectivity index (χ4v) is 1.67. The van der Waals surface area contributed by atoms with Crippen LogP contribution in [0.15, 0.2) is 18.3 Å². The molecule has 1 unspecified atom stereocenters. The monoisotopic (exact) mass is 265 g/mol. The second-order valence-corrected chi connectivity index (χ2v) is 4.64. The number of esters is 1. The lowest BCUT2D eigenvalue weighted by atomic mass is 10.0. The van der Waals surface area contributed by atoms with E-state index in [9.17, 15) is 9.59 Å². The first kappa shape index (κ1) is 14.9. The summed E-state index contributed by atoms with van der Waals surface area (Å²) in [4.78, 5) is 26.8. The first-order chi connectivity index (χ1) is 8.93. The predicted octanol–water partition coefficient (Wildman–Crippen LogP) is 1.18. The number of carbonyl (C=O) groups is 2. The van der Waals surface area contributed by atoms with Crippen LogP contribution in [-0.4, -0.2) is 30.0 Å². The smallest absolute Gasteiger partial charge is 0.328 e. The molecular weight excluding hydrogens is 246 g/mol. The molecule has 104 valence electrons. The van der Waals surface area contributed by atoms with Crippen molar-refractivity contribution in [2.45, 2.75) is 26.3 Å². The van der Waals surface area contributed by atoms with E-state index >= 15 is 0 Å². The van der Waals surface area contributed by atoms with E-state index in [1.807, 2.05) is 13.8 Å². The van der Waals surface area contributed by atoms with Crippen LogP contribution in [0.1, 0.15) is 30.6 Å². The van der Waals surface area contributed by atoms with E-state index in [2.05, 4.69) is 10.3 Å². The first-order valence-electron chi connectivity index (χ1n) is 6.04. The Bertz CT molecular complexity index is 460. The molecular formula is C13H19N3O3. The number of primary amides is 1. The van der Waals surface area contributed by atoms with Gasteiger partial charge in [0.1, 0.15) is 11.9 Å². The molecule has 0 aromatic carbocycles. The van der Waals surface area contributed by atoms with E-state index < -0.39 is 11.9 Å². The highest BCUT2D eigenvalue weighted by molar-refractivity contribution is 5.93. The first-order valence-corrected chi connectivity index (χ1v) is 6.04.